The molecule has 0 saturated heterocycles. The number of ether oxygens (including phenoxy) is 1. The van der Waals surface area contributed by atoms with Gasteiger partial charge < -0.3 is 14.6 Å². The van der Waals surface area contributed by atoms with Crippen LogP contribution >= 0.6 is 0 Å². The first-order valence-corrected chi connectivity index (χ1v) is 6.93. The summed E-state index contributed by atoms with van der Waals surface area (Å²) in [6.45, 7) is 0.139. The molecule has 0 fully saturated rings. The van der Waals surface area contributed by atoms with E-state index in [-0.39, 0.29) is 12.4 Å². The molecule has 0 spiro atoms. The highest BCUT2D eigenvalue weighted by Gasteiger charge is 2.09. The van der Waals surface area contributed by atoms with Crippen molar-refractivity contribution in [3.05, 3.63) is 72.2 Å². The molecule has 1 heterocycles. The van der Waals surface area contributed by atoms with Crippen LogP contribution < -0.4 is 10.1 Å². The molecule has 23 heavy (non-hydrogen) atoms. The van der Waals surface area contributed by atoms with E-state index < -0.39 is 6.09 Å². The lowest BCUT2D eigenvalue weighted by molar-refractivity contribution is 0.198. The standard InChI is InChI=1S/C17H13FN2O3/c18-13-8-6-12(7-9-13)16-10-15(23-20-16)11-19-17(21)22-14-4-2-1-3-5-14/h1-10H,11H2,(H,19,21). The summed E-state index contributed by atoms with van der Waals surface area (Å²) >= 11 is 0. The summed E-state index contributed by atoms with van der Waals surface area (Å²) in [5, 5.41) is 6.45. The molecular weight excluding hydrogens is 299 g/mol. The number of carbonyl (C=O) groups is 1. The third kappa shape index (κ3) is 3.94. The average Bonchev–Trinajstić information content (AvgIpc) is 3.04. The van der Waals surface area contributed by atoms with Crippen LogP contribution in [0, 0.1) is 5.82 Å². The topological polar surface area (TPSA) is 64.4 Å². The Bertz CT molecular complexity index is 785. The molecule has 3 rings (SSSR count). The van der Waals surface area contributed by atoms with E-state index in [4.69, 9.17) is 9.26 Å². The van der Waals surface area contributed by atoms with Gasteiger partial charge in [0.15, 0.2) is 5.76 Å². The van der Waals surface area contributed by atoms with E-state index in [0.29, 0.717) is 17.2 Å². The highest BCUT2D eigenvalue weighted by molar-refractivity contribution is 5.70. The number of hydrogen-bond donors (Lipinski definition) is 1. The molecule has 0 atom stereocenters. The van der Waals surface area contributed by atoms with Crippen LogP contribution in [0.3, 0.4) is 0 Å². The maximum absolute atomic E-state index is 12.9. The van der Waals surface area contributed by atoms with Crippen molar-refractivity contribution in [1.29, 1.82) is 0 Å². The molecule has 0 aliphatic heterocycles. The number of benzene rings is 2. The normalized spacial score (nSPS) is 10.3. The zero-order valence-corrected chi connectivity index (χ0v) is 12.0. The lowest BCUT2D eigenvalue weighted by Crippen LogP contribution is -2.26. The number of amides is 1. The predicted octanol–water partition coefficient (Wildman–Crippen LogP) is 3.77. The van der Waals surface area contributed by atoms with E-state index in [9.17, 15) is 9.18 Å². The second-order valence-corrected chi connectivity index (χ2v) is 4.74. The molecule has 0 unspecified atom stereocenters. The second-order valence-electron chi connectivity index (χ2n) is 4.74. The Morgan fingerprint density at radius 3 is 2.61 bits per heavy atom. The van der Waals surface area contributed by atoms with Gasteiger partial charge in [-0.1, -0.05) is 23.4 Å². The predicted molar refractivity (Wildman–Crippen MR) is 81.2 cm³/mol. The Morgan fingerprint density at radius 2 is 1.87 bits per heavy atom. The smallest absolute Gasteiger partial charge is 0.410 e. The summed E-state index contributed by atoms with van der Waals surface area (Å²) in [5.41, 5.74) is 1.30. The van der Waals surface area contributed by atoms with Crippen LogP contribution in [-0.4, -0.2) is 11.2 Å². The van der Waals surface area contributed by atoms with Gasteiger partial charge in [0.05, 0.1) is 6.54 Å². The van der Waals surface area contributed by atoms with Crippen molar-refractivity contribution >= 4 is 6.09 Å². The molecule has 0 aliphatic carbocycles. The molecule has 1 amide bonds. The van der Waals surface area contributed by atoms with Gasteiger partial charge in [-0.25, -0.2) is 9.18 Å². The fourth-order valence-electron chi connectivity index (χ4n) is 1.94. The summed E-state index contributed by atoms with van der Waals surface area (Å²) in [7, 11) is 0. The van der Waals surface area contributed by atoms with Gasteiger partial charge in [-0.2, -0.15) is 0 Å². The van der Waals surface area contributed by atoms with Crippen LogP contribution in [0.25, 0.3) is 11.3 Å². The van der Waals surface area contributed by atoms with Crippen LogP contribution in [0.2, 0.25) is 0 Å². The first-order chi connectivity index (χ1) is 11.2. The molecule has 0 radical (unpaired) electrons. The quantitative estimate of drug-likeness (QED) is 0.796. The first kappa shape index (κ1) is 14.8. The Morgan fingerprint density at radius 1 is 1.13 bits per heavy atom. The van der Waals surface area contributed by atoms with Gasteiger partial charge in [-0.05, 0) is 36.4 Å². The van der Waals surface area contributed by atoms with Crippen molar-refractivity contribution in [1.82, 2.24) is 10.5 Å². The Balaban J connectivity index is 1.57. The van der Waals surface area contributed by atoms with Gasteiger partial charge in [0.2, 0.25) is 0 Å². The third-order valence-electron chi connectivity index (χ3n) is 3.06. The zero-order chi connectivity index (χ0) is 16.1. The molecule has 5 nitrogen and oxygen atoms in total. The minimum atomic E-state index is -0.587. The minimum absolute atomic E-state index is 0.139. The molecule has 2 aromatic carbocycles. The van der Waals surface area contributed by atoms with Crippen molar-refractivity contribution in [2.45, 2.75) is 6.54 Å². The van der Waals surface area contributed by atoms with E-state index in [2.05, 4.69) is 10.5 Å². The van der Waals surface area contributed by atoms with Gasteiger partial charge in [0.1, 0.15) is 17.3 Å². The highest BCUT2D eigenvalue weighted by Crippen LogP contribution is 2.19. The molecule has 1 N–H and O–H groups in total. The number of aromatic nitrogens is 1. The molecular formula is C17H13FN2O3. The van der Waals surface area contributed by atoms with Gasteiger partial charge in [-0.15, -0.1) is 0 Å². The summed E-state index contributed by atoms with van der Waals surface area (Å²) < 4.78 is 23.1. The van der Waals surface area contributed by atoms with E-state index in [1.165, 1.54) is 12.1 Å². The second kappa shape index (κ2) is 6.74. The Kier molecular flexibility index (Phi) is 4.33. The number of carbonyl (C=O) groups excluding carboxylic acids is 1. The Labute approximate surface area is 131 Å². The van der Waals surface area contributed by atoms with Gasteiger partial charge in [0.25, 0.3) is 0 Å². The van der Waals surface area contributed by atoms with Gasteiger partial charge in [0, 0.05) is 11.6 Å². The zero-order valence-electron chi connectivity index (χ0n) is 12.0. The van der Waals surface area contributed by atoms with Crippen molar-refractivity contribution in [2.24, 2.45) is 0 Å². The van der Waals surface area contributed by atoms with E-state index in [1.807, 2.05) is 6.07 Å². The SMILES string of the molecule is O=C(NCc1cc(-c2ccc(F)cc2)no1)Oc1ccccc1. The fraction of sp³-hybridized carbons (Fsp3) is 0.0588. The van der Waals surface area contributed by atoms with Crippen LogP contribution in [-0.2, 0) is 6.54 Å². The van der Waals surface area contributed by atoms with E-state index in [0.717, 1.165) is 5.56 Å². The number of para-hydroxylation sites is 1. The largest absolute Gasteiger partial charge is 0.412 e. The third-order valence-corrected chi connectivity index (χ3v) is 3.06. The Hall–Kier alpha value is -3.15. The number of nitrogens with zero attached hydrogens (tertiary/aromatic N) is 1. The minimum Gasteiger partial charge on any atom is -0.410 e. The number of halogens is 1. The van der Waals surface area contributed by atoms with Crippen molar-refractivity contribution < 1.29 is 18.4 Å². The molecule has 6 heteroatoms. The maximum Gasteiger partial charge on any atom is 0.412 e. The van der Waals surface area contributed by atoms with E-state index in [1.54, 1.807) is 42.5 Å². The summed E-state index contributed by atoms with van der Waals surface area (Å²) in [5.74, 6) is 0.603. The van der Waals surface area contributed by atoms with Crippen molar-refractivity contribution in [3.8, 4) is 17.0 Å². The van der Waals surface area contributed by atoms with Crippen LogP contribution in [0.4, 0.5) is 9.18 Å². The molecule has 1 aromatic heterocycles. The monoisotopic (exact) mass is 312 g/mol. The van der Waals surface area contributed by atoms with Gasteiger partial charge >= 0.3 is 6.09 Å². The lowest BCUT2D eigenvalue weighted by Gasteiger charge is -2.04. The summed E-state index contributed by atoms with van der Waals surface area (Å²) in [6, 6.07) is 16.3. The average molecular weight is 312 g/mol. The first-order valence-electron chi connectivity index (χ1n) is 6.93. The van der Waals surface area contributed by atoms with Crippen LogP contribution in [0.5, 0.6) is 5.75 Å². The lowest BCUT2D eigenvalue weighted by atomic mass is 10.1. The number of hydrogen-bond acceptors (Lipinski definition) is 4. The van der Waals surface area contributed by atoms with Crippen LogP contribution in [0.15, 0.2) is 65.2 Å². The summed E-state index contributed by atoms with van der Waals surface area (Å²) in [6.07, 6.45) is -0.587. The highest BCUT2D eigenvalue weighted by atomic mass is 19.1. The molecule has 116 valence electrons. The van der Waals surface area contributed by atoms with Crippen LogP contribution in [0.1, 0.15) is 5.76 Å². The molecule has 3 aromatic rings. The van der Waals surface area contributed by atoms with Gasteiger partial charge in [-0.3, -0.25) is 0 Å². The van der Waals surface area contributed by atoms with E-state index >= 15 is 0 Å². The number of nitrogens with one attached hydrogen (secondary N) is 1. The maximum atomic E-state index is 12.9. The molecule has 0 saturated carbocycles. The van der Waals surface area contributed by atoms with Crippen molar-refractivity contribution in [2.75, 3.05) is 0 Å². The van der Waals surface area contributed by atoms with Crippen molar-refractivity contribution in [3.63, 3.8) is 0 Å². The summed E-state index contributed by atoms with van der Waals surface area (Å²) in [4.78, 5) is 11.7. The molecule has 0 aliphatic rings. The number of rotatable bonds is 4. The fourth-order valence-corrected chi connectivity index (χ4v) is 1.94. The molecule has 0 bridgehead atoms.